The Hall–Kier alpha value is -3.05. The number of carbonyl (C=O) groups is 3. The molecule has 0 bridgehead atoms. The summed E-state index contributed by atoms with van der Waals surface area (Å²) in [6.07, 6.45) is 0. The van der Waals surface area contributed by atoms with Crippen molar-refractivity contribution in [3.63, 3.8) is 0 Å². The predicted molar refractivity (Wildman–Crippen MR) is 86.3 cm³/mol. The first-order chi connectivity index (χ1) is 12.8. The van der Waals surface area contributed by atoms with E-state index in [1.165, 1.54) is 24.3 Å². The van der Waals surface area contributed by atoms with Crippen molar-refractivity contribution >= 4 is 23.6 Å². The lowest BCUT2D eigenvalue weighted by atomic mass is 9.84. The topological polar surface area (TPSA) is 146 Å². The number of methoxy groups -OCH3 is 3. The fourth-order valence-electron chi connectivity index (χ4n) is 3.25. The zero-order valence-corrected chi connectivity index (χ0v) is 14.7. The molecule has 1 aromatic rings. The second-order valence-corrected chi connectivity index (χ2v) is 5.74. The molecule has 0 aromatic heterocycles. The van der Waals surface area contributed by atoms with E-state index in [-0.39, 0.29) is 11.3 Å². The van der Waals surface area contributed by atoms with Crippen LogP contribution in [0.4, 0.5) is 5.69 Å². The molecular weight excluding hydrogens is 364 g/mol. The number of nitro benzene ring substituents is 1. The number of non-ortho nitro benzene ring substituents is 1. The van der Waals surface area contributed by atoms with E-state index in [1.807, 2.05) is 0 Å². The van der Waals surface area contributed by atoms with E-state index in [2.05, 4.69) is 9.47 Å². The molecule has 2 rings (SSSR count). The second-order valence-electron chi connectivity index (χ2n) is 5.74. The van der Waals surface area contributed by atoms with Crippen molar-refractivity contribution in [2.75, 3.05) is 21.3 Å². The van der Waals surface area contributed by atoms with Gasteiger partial charge in [0.2, 0.25) is 0 Å². The highest BCUT2D eigenvalue weighted by molar-refractivity contribution is 5.90. The van der Waals surface area contributed by atoms with Gasteiger partial charge in [0.15, 0.2) is 0 Å². The van der Waals surface area contributed by atoms with Crippen LogP contribution in [0.1, 0.15) is 11.6 Å². The molecule has 0 amide bonds. The molecule has 11 heteroatoms. The molecule has 1 heterocycles. The Morgan fingerprint density at radius 3 is 1.89 bits per heavy atom. The van der Waals surface area contributed by atoms with Crippen LogP contribution in [0.25, 0.3) is 0 Å². The van der Waals surface area contributed by atoms with E-state index in [9.17, 15) is 29.7 Å². The highest BCUT2D eigenvalue weighted by atomic mass is 16.6. The molecule has 27 heavy (non-hydrogen) atoms. The third-order valence-corrected chi connectivity index (χ3v) is 4.47. The van der Waals surface area contributed by atoms with Gasteiger partial charge < -0.3 is 19.4 Å². The van der Waals surface area contributed by atoms with Crippen molar-refractivity contribution in [1.82, 2.24) is 5.06 Å². The van der Waals surface area contributed by atoms with Gasteiger partial charge in [-0.05, 0) is 5.56 Å². The fourth-order valence-corrected chi connectivity index (χ4v) is 3.25. The smallest absolute Gasteiger partial charge is 0.326 e. The normalized spacial score (nSPS) is 24.9. The lowest BCUT2D eigenvalue weighted by Gasteiger charge is -2.23. The van der Waals surface area contributed by atoms with E-state index in [0.717, 1.165) is 21.3 Å². The standard InChI is InChI=1S/C16H18N2O9/c1-25-14(19)10-11(15(20)26-2)13(16(21)27-3)17(22)12(10)8-4-6-9(7-5-8)18(23)24/h4-7,10-13,22H,1-3H3/t10-,11-,12+,13-/m1/s1. The van der Waals surface area contributed by atoms with Gasteiger partial charge in [-0.3, -0.25) is 24.5 Å². The summed E-state index contributed by atoms with van der Waals surface area (Å²) < 4.78 is 14.1. The van der Waals surface area contributed by atoms with Gasteiger partial charge in [-0.1, -0.05) is 12.1 Å². The summed E-state index contributed by atoms with van der Waals surface area (Å²) in [6.45, 7) is 0. The molecule has 0 unspecified atom stereocenters. The molecule has 0 aliphatic carbocycles. The zero-order valence-electron chi connectivity index (χ0n) is 14.7. The molecular formula is C16H18N2O9. The molecule has 1 aliphatic heterocycles. The molecule has 1 fully saturated rings. The molecule has 0 spiro atoms. The summed E-state index contributed by atoms with van der Waals surface area (Å²) in [5.74, 6) is -5.44. The van der Waals surface area contributed by atoms with Crippen molar-refractivity contribution in [1.29, 1.82) is 0 Å². The first kappa shape index (κ1) is 20.3. The van der Waals surface area contributed by atoms with Crippen molar-refractivity contribution in [3.8, 4) is 0 Å². The first-order valence-corrected chi connectivity index (χ1v) is 7.73. The van der Waals surface area contributed by atoms with E-state index in [0.29, 0.717) is 5.06 Å². The number of rotatable bonds is 5. The van der Waals surface area contributed by atoms with E-state index >= 15 is 0 Å². The Morgan fingerprint density at radius 2 is 1.44 bits per heavy atom. The summed E-state index contributed by atoms with van der Waals surface area (Å²) in [4.78, 5) is 47.0. The maximum Gasteiger partial charge on any atom is 0.326 e. The summed E-state index contributed by atoms with van der Waals surface area (Å²) in [7, 11) is 3.24. The largest absolute Gasteiger partial charge is 0.469 e. The highest BCUT2D eigenvalue weighted by Gasteiger charge is 2.60. The highest BCUT2D eigenvalue weighted by Crippen LogP contribution is 2.45. The Labute approximate surface area is 153 Å². The Kier molecular flexibility index (Phi) is 6.08. The van der Waals surface area contributed by atoms with Crippen LogP contribution in [0.15, 0.2) is 24.3 Å². The van der Waals surface area contributed by atoms with E-state index in [1.54, 1.807) is 0 Å². The molecule has 11 nitrogen and oxygen atoms in total. The van der Waals surface area contributed by atoms with Gasteiger partial charge in [0.25, 0.3) is 5.69 Å². The van der Waals surface area contributed by atoms with Crippen LogP contribution >= 0.6 is 0 Å². The summed E-state index contributed by atoms with van der Waals surface area (Å²) >= 11 is 0. The zero-order chi connectivity index (χ0) is 20.3. The minimum atomic E-state index is -1.52. The maximum absolute atomic E-state index is 12.4. The third-order valence-electron chi connectivity index (χ3n) is 4.47. The van der Waals surface area contributed by atoms with Gasteiger partial charge >= 0.3 is 17.9 Å². The fraction of sp³-hybridized carbons (Fsp3) is 0.438. The third kappa shape index (κ3) is 3.59. The molecule has 1 N–H and O–H groups in total. The van der Waals surface area contributed by atoms with Crippen LogP contribution in [0.2, 0.25) is 0 Å². The van der Waals surface area contributed by atoms with Crippen LogP contribution in [-0.2, 0) is 28.6 Å². The summed E-state index contributed by atoms with van der Waals surface area (Å²) in [5, 5.41) is 21.9. The van der Waals surface area contributed by atoms with Gasteiger partial charge in [0.05, 0.1) is 38.2 Å². The Morgan fingerprint density at radius 1 is 0.963 bits per heavy atom. The SMILES string of the molecule is COC(=O)[C@@H]1[C@@H](C(=O)OC)[C@H](c2ccc([N+](=O)[O-])cc2)N(O)[C@H]1C(=O)OC. The molecule has 0 saturated carbocycles. The van der Waals surface area contributed by atoms with Gasteiger partial charge in [0.1, 0.15) is 12.0 Å². The molecule has 146 valence electrons. The average molecular weight is 382 g/mol. The Bertz CT molecular complexity index is 749. The molecule has 1 aliphatic rings. The maximum atomic E-state index is 12.4. The van der Waals surface area contributed by atoms with Crippen LogP contribution in [0, 0.1) is 22.0 Å². The van der Waals surface area contributed by atoms with Crippen molar-refractivity contribution in [2.45, 2.75) is 12.1 Å². The van der Waals surface area contributed by atoms with Gasteiger partial charge in [-0.15, -0.1) is 0 Å². The number of nitro groups is 1. The number of hydrogen-bond acceptors (Lipinski definition) is 10. The minimum Gasteiger partial charge on any atom is -0.469 e. The number of nitrogens with zero attached hydrogens (tertiary/aromatic N) is 2. The number of hydrogen-bond donors (Lipinski definition) is 1. The molecule has 1 saturated heterocycles. The quantitative estimate of drug-likeness (QED) is 0.330. The summed E-state index contributed by atoms with van der Waals surface area (Å²) in [6, 6.07) is 2.27. The minimum absolute atomic E-state index is 0.204. The summed E-state index contributed by atoms with van der Waals surface area (Å²) in [5.41, 5.74) is 0.0590. The lowest BCUT2D eigenvalue weighted by molar-refractivity contribution is -0.384. The van der Waals surface area contributed by atoms with Crippen molar-refractivity contribution in [2.24, 2.45) is 11.8 Å². The van der Waals surface area contributed by atoms with Crippen molar-refractivity contribution < 1.29 is 38.7 Å². The van der Waals surface area contributed by atoms with Gasteiger partial charge in [-0.25, -0.2) is 0 Å². The van der Waals surface area contributed by atoms with Crippen LogP contribution < -0.4 is 0 Å². The molecule has 4 atom stereocenters. The van der Waals surface area contributed by atoms with Gasteiger partial charge in [-0.2, -0.15) is 5.06 Å². The number of benzene rings is 1. The Balaban J connectivity index is 2.58. The lowest BCUT2D eigenvalue weighted by Crippen LogP contribution is -2.43. The van der Waals surface area contributed by atoms with Crippen LogP contribution in [0.5, 0.6) is 0 Å². The predicted octanol–water partition coefficient (Wildman–Crippen LogP) is 0.461. The second kappa shape index (κ2) is 8.10. The van der Waals surface area contributed by atoms with Gasteiger partial charge in [0, 0.05) is 12.1 Å². The van der Waals surface area contributed by atoms with Crippen molar-refractivity contribution in [3.05, 3.63) is 39.9 Å². The van der Waals surface area contributed by atoms with E-state index in [4.69, 9.17) is 4.74 Å². The number of carbonyl (C=O) groups excluding carboxylic acids is 3. The van der Waals surface area contributed by atoms with Crippen LogP contribution in [-0.4, -0.2) is 60.5 Å². The average Bonchev–Trinajstić information content (AvgIpc) is 2.99. The molecule has 1 aromatic carbocycles. The molecule has 0 radical (unpaired) electrons. The monoisotopic (exact) mass is 382 g/mol. The number of hydroxylamine groups is 2. The number of esters is 3. The first-order valence-electron chi connectivity index (χ1n) is 7.73. The van der Waals surface area contributed by atoms with E-state index < -0.39 is 46.8 Å². The number of ether oxygens (including phenoxy) is 3. The van der Waals surface area contributed by atoms with Crippen LogP contribution in [0.3, 0.4) is 0 Å².